The van der Waals surface area contributed by atoms with Crippen molar-refractivity contribution in [1.29, 1.82) is 0 Å². The first-order valence-electron chi connectivity index (χ1n) is 7.00. The molecule has 3 rings (SSSR count). The van der Waals surface area contributed by atoms with Crippen molar-refractivity contribution >= 4 is 16.9 Å². The summed E-state index contributed by atoms with van der Waals surface area (Å²) in [6.45, 7) is 1.72. The first-order chi connectivity index (χ1) is 10.6. The zero-order valence-corrected chi connectivity index (χ0v) is 12.0. The zero-order valence-electron chi connectivity index (χ0n) is 12.0. The second kappa shape index (κ2) is 5.95. The zero-order chi connectivity index (χ0) is 15.5. The maximum atomic E-state index is 12.0. The number of rotatable bonds is 4. The van der Waals surface area contributed by atoms with Gasteiger partial charge in [0.2, 0.25) is 0 Å². The highest BCUT2D eigenvalue weighted by Crippen LogP contribution is 2.18. The van der Waals surface area contributed by atoms with Crippen molar-refractivity contribution in [2.24, 2.45) is 0 Å². The van der Waals surface area contributed by atoms with E-state index in [1.54, 1.807) is 31.3 Å². The molecule has 3 N–H and O–H groups in total. The van der Waals surface area contributed by atoms with Gasteiger partial charge < -0.3 is 15.4 Å². The number of carbonyl (C=O) groups is 1. The van der Waals surface area contributed by atoms with Gasteiger partial charge >= 0.3 is 0 Å². The number of aromatic nitrogens is 3. The van der Waals surface area contributed by atoms with Crippen molar-refractivity contribution < 1.29 is 9.90 Å². The summed E-state index contributed by atoms with van der Waals surface area (Å²) >= 11 is 0. The Kier molecular flexibility index (Phi) is 3.84. The largest absolute Gasteiger partial charge is 0.383 e. The summed E-state index contributed by atoms with van der Waals surface area (Å²) in [6.07, 6.45) is 0.620. The van der Waals surface area contributed by atoms with E-state index in [9.17, 15) is 9.90 Å². The number of aromatic amines is 1. The Morgan fingerprint density at radius 2 is 2.00 bits per heavy atom. The van der Waals surface area contributed by atoms with Crippen LogP contribution in [0.5, 0.6) is 0 Å². The van der Waals surface area contributed by atoms with Gasteiger partial charge in [-0.15, -0.1) is 0 Å². The highest BCUT2D eigenvalue weighted by molar-refractivity contribution is 5.92. The fourth-order valence-electron chi connectivity index (χ4n) is 2.21. The summed E-state index contributed by atoms with van der Waals surface area (Å²) < 4.78 is 0. The molecule has 0 fully saturated rings. The molecule has 0 saturated heterocycles. The van der Waals surface area contributed by atoms with Crippen LogP contribution >= 0.6 is 0 Å². The standard InChI is InChI=1S/C16H16N4O2/c1-10(18-16(22)13-8-4-5-9-17-13)14(21)15-19-11-6-2-3-7-12(11)20-15/h2-10,14,21H,1H3,(H,18,22)(H,19,20)/t10-,14?/m0/s1. The topological polar surface area (TPSA) is 90.9 Å². The number of aliphatic hydroxyl groups is 1. The van der Waals surface area contributed by atoms with Crippen molar-refractivity contribution in [3.63, 3.8) is 0 Å². The number of nitrogens with zero attached hydrogens (tertiary/aromatic N) is 2. The fourth-order valence-corrected chi connectivity index (χ4v) is 2.21. The van der Waals surface area contributed by atoms with Crippen LogP contribution < -0.4 is 5.32 Å². The van der Waals surface area contributed by atoms with E-state index >= 15 is 0 Å². The minimum Gasteiger partial charge on any atom is -0.383 e. The van der Waals surface area contributed by atoms with Gasteiger partial charge in [-0.3, -0.25) is 9.78 Å². The van der Waals surface area contributed by atoms with Gasteiger partial charge in [0, 0.05) is 6.20 Å². The Bertz CT molecular complexity index is 752. The molecular weight excluding hydrogens is 280 g/mol. The van der Waals surface area contributed by atoms with Crippen LogP contribution in [0.1, 0.15) is 29.3 Å². The minimum atomic E-state index is -0.930. The van der Waals surface area contributed by atoms with Crippen molar-refractivity contribution in [2.45, 2.75) is 19.1 Å². The second-order valence-corrected chi connectivity index (χ2v) is 5.06. The van der Waals surface area contributed by atoms with Gasteiger partial charge in [-0.05, 0) is 31.2 Å². The lowest BCUT2D eigenvalue weighted by molar-refractivity contribution is 0.0835. The molecule has 3 aromatic rings. The van der Waals surface area contributed by atoms with Crippen molar-refractivity contribution in [1.82, 2.24) is 20.3 Å². The lowest BCUT2D eigenvalue weighted by Crippen LogP contribution is -2.37. The van der Waals surface area contributed by atoms with Crippen molar-refractivity contribution in [3.05, 3.63) is 60.2 Å². The number of benzene rings is 1. The molecule has 1 unspecified atom stereocenters. The molecule has 1 aromatic carbocycles. The number of amides is 1. The van der Waals surface area contributed by atoms with E-state index < -0.39 is 12.1 Å². The smallest absolute Gasteiger partial charge is 0.270 e. The lowest BCUT2D eigenvalue weighted by atomic mass is 10.1. The number of fused-ring (bicyclic) bond motifs is 1. The van der Waals surface area contributed by atoms with Crippen LogP contribution in [0.15, 0.2) is 48.7 Å². The van der Waals surface area contributed by atoms with Gasteiger partial charge in [0.25, 0.3) is 5.91 Å². The third kappa shape index (κ3) is 2.82. The lowest BCUT2D eigenvalue weighted by Gasteiger charge is -2.18. The Labute approximate surface area is 127 Å². The van der Waals surface area contributed by atoms with Crippen molar-refractivity contribution in [3.8, 4) is 0 Å². The fraction of sp³-hybridized carbons (Fsp3) is 0.188. The van der Waals surface area contributed by atoms with Crippen LogP contribution in [0.3, 0.4) is 0 Å². The van der Waals surface area contributed by atoms with Gasteiger partial charge in [-0.1, -0.05) is 18.2 Å². The highest BCUT2D eigenvalue weighted by atomic mass is 16.3. The number of H-pyrrole nitrogens is 1. The van der Waals surface area contributed by atoms with Gasteiger partial charge in [0.05, 0.1) is 17.1 Å². The number of aliphatic hydroxyl groups excluding tert-OH is 1. The molecule has 22 heavy (non-hydrogen) atoms. The third-order valence-corrected chi connectivity index (χ3v) is 3.42. The number of carbonyl (C=O) groups excluding carboxylic acids is 1. The molecular formula is C16H16N4O2. The average molecular weight is 296 g/mol. The van der Waals surface area contributed by atoms with Crippen molar-refractivity contribution in [2.75, 3.05) is 0 Å². The first kappa shape index (κ1) is 14.2. The predicted octanol–water partition coefficient (Wildman–Crippen LogP) is 1.81. The second-order valence-electron chi connectivity index (χ2n) is 5.06. The van der Waals surface area contributed by atoms with Crippen LogP contribution in [0.4, 0.5) is 0 Å². The Hall–Kier alpha value is -2.73. The van der Waals surface area contributed by atoms with E-state index in [-0.39, 0.29) is 5.91 Å². The van der Waals surface area contributed by atoms with Gasteiger partial charge in [-0.25, -0.2) is 4.98 Å². The summed E-state index contributed by atoms with van der Waals surface area (Å²) in [6, 6.07) is 12.1. The quantitative estimate of drug-likeness (QED) is 0.685. The number of para-hydroxylation sites is 2. The number of hydrogen-bond acceptors (Lipinski definition) is 4. The summed E-state index contributed by atoms with van der Waals surface area (Å²) in [4.78, 5) is 23.4. The molecule has 2 atom stereocenters. The summed E-state index contributed by atoms with van der Waals surface area (Å²) in [5, 5.41) is 13.1. The molecule has 0 spiro atoms. The maximum absolute atomic E-state index is 12.0. The molecule has 0 bridgehead atoms. The predicted molar refractivity (Wildman–Crippen MR) is 82.2 cm³/mol. The monoisotopic (exact) mass is 296 g/mol. The Morgan fingerprint density at radius 1 is 1.23 bits per heavy atom. The van der Waals surface area contributed by atoms with Gasteiger partial charge in [0.15, 0.2) is 0 Å². The van der Waals surface area contributed by atoms with E-state index in [1.165, 1.54) is 0 Å². The number of imidazole rings is 1. The molecule has 2 aromatic heterocycles. The number of nitrogens with one attached hydrogen (secondary N) is 2. The SMILES string of the molecule is C[C@H](NC(=O)c1ccccn1)C(O)c1nc2ccccc2[nH]1. The van der Waals surface area contributed by atoms with Crippen LogP contribution in [0.2, 0.25) is 0 Å². The first-order valence-corrected chi connectivity index (χ1v) is 7.00. The Balaban J connectivity index is 1.74. The average Bonchev–Trinajstić information content (AvgIpc) is 2.98. The molecule has 0 aliphatic carbocycles. The molecule has 0 aliphatic heterocycles. The maximum Gasteiger partial charge on any atom is 0.270 e. The molecule has 2 heterocycles. The minimum absolute atomic E-state index is 0.311. The van der Waals surface area contributed by atoms with Gasteiger partial charge in [-0.2, -0.15) is 0 Å². The van der Waals surface area contributed by atoms with Crippen LogP contribution in [-0.2, 0) is 0 Å². The van der Waals surface area contributed by atoms with Crippen LogP contribution in [-0.4, -0.2) is 32.0 Å². The third-order valence-electron chi connectivity index (χ3n) is 3.42. The van der Waals surface area contributed by atoms with E-state index in [2.05, 4.69) is 20.3 Å². The molecule has 1 amide bonds. The highest BCUT2D eigenvalue weighted by Gasteiger charge is 2.22. The summed E-state index contributed by atoms with van der Waals surface area (Å²) in [5.41, 5.74) is 1.94. The number of hydrogen-bond donors (Lipinski definition) is 3. The molecule has 0 radical (unpaired) electrons. The summed E-state index contributed by atoms with van der Waals surface area (Å²) in [5.74, 6) is 0.0956. The molecule has 6 nitrogen and oxygen atoms in total. The molecule has 0 aliphatic rings. The van der Waals surface area contributed by atoms with E-state index in [0.717, 1.165) is 11.0 Å². The van der Waals surface area contributed by atoms with Crippen LogP contribution in [0, 0.1) is 0 Å². The van der Waals surface area contributed by atoms with Gasteiger partial charge in [0.1, 0.15) is 17.6 Å². The van der Waals surface area contributed by atoms with Crippen LogP contribution in [0.25, 0.3) is 11.0 Å². The Morgan fingerprint density at radius 3 is 2.73 bits per heavy atom. The van der Waals surface area contributed by atoms with E-state index in [1.807, 2.05) is 24.3 Å². The number of pyridine rings is 1. The molecule has 6 heteroatoms. The normalized spacial score (nSPS) is 13.7. The van der Waals surface area contributed by atoms with E-state index in [4.69, 9.17) is 0 Å². The van der Waals surface area contributed by atoms with E-state index in [0.29, 0.717) is 11.5 Å². The molecule has 0 saturated carbocycles. The molecule has 112 valence electrons. The summed E-state index contributed by atoms with van der Waals surface area (Å²) in [7, 11) is 0.